The molecule has 1 aromatic rings. The van der Waals surface area contributed by atoms with Gasteiger partial charge in [-0.2, -0.15) is 0 Å². The number of esters is 1. The van der Waals surface area contributed by atoms with Crippen LogP contribution < -0.4 is 5.32 Å². The van der Waals surface area contributed by atoms with Crippen molar-refractivity contribution < 1.29 is 29.0 Å². The monoisotopic (exact) mass is 423 g/mol. The maximum atomic E-state index is 12.5. The third-order valence-electron chi connectivity index (χ3n) is 4.04. The summed E-state index contributed by atoms with van der Waals surface area (Å²) >= 11 is 2.64. The van der Waals surface area contributed by atoms with Crippen molar-refractivity contribution in [3.63, 3.8) is 0 Å². The molecule has 2 aliphatic heterocycles. The number of carboxylic acid groups (broad SMARTS) is 1. The van der Waals surface area contributed by atoms with Gasteiger partial charge in [-0.3, -0.25) is 24.3 Å². The molecule has 3 heterocycles. The SMILES string of the molecule is CC(=O)OCC1=C(C(=O)O)N2C(=O)[C@H](NC(=O)CSc3ccncc3)[C@H]2SC1. The van der Waals surface area contributed by atoms with Crippen molar-refractivity contribution in [2.45, 2.75) is 23.2 Å². The van der Waals surface area contributed by atoms with Crippen molar-refractivity contribution in [3.8, 4) is 0 Å². The van der Waals surface area contributed by atoms with E-state index in [-0.39, 0.29) is 24.0 Å². The van der Waals surface area contributed by atoms with Gasteiger partial charge in [0.25, 0.3) is 5.91 Å². The highest BCUT2D eigenvalue weighted by Gasteiger charge is 2.54. The second-order valence-corrected chi connectivity index (χ2v) is 8.12. The van der Waals surface area contributed by atoms with Crippen LogP contribution in [0, 0.1) is 0 Å². The van der Waals surface area contributed by atoms with E-state index in [1.807, 2.05) is 0 Å². The zero-order valence-corrected chi connectivity index (χ0v) is 16.4. The molecule has 148 valence electrons. The zero-order valence-electron chi connectivity index (χ0n) is 14.8. The van der Waals surface area contributed by atoms with Crippen LogP contribution in [0.5, 0.6) is 0 Å². The third kappa shape index (κ3) is 4.30. The number of carbonyl (C=O) groups is 4. The fraction of sp³-hybridized carbons (Fsp3) is 0.353. The topological polar surface area (TPSA) is 126 Å². The Kier molecular flexibility index (Phi) is 6.25. The Balaban J connectivity index is 1.62. The van der Waals surface area contributed by atoms with E-state index in [0.717, 1.165) is 9.80 Å². The molecule has 0 bridgehead atoms. The molecule has 0 spiro atoms. The van der Waals surface area contributed by atoms with Crippen LogP contribution in [0.25, 0.3) is 0 Å². The van der Waals surface area contributed by atoms with Gasteiger partial charge in [-0.15, -0.1) is 23.5 Å². The molecule has 1 fully saturated rings. The van der Waals surface area contributed by atoms with E-state index in [4.69, 9.17) is 4.74 Å². The van der Waals surface area contributed by atoms with Crippen molar-refractivity contribution in [3.05, 3.63) is 35.8 Å². The van der Waals surface area contributed by atoms with Crippen LogP contribution in [0.4, 0.5) is 0 Å². The predicted molar refractivity (Wildman–Crippen MR) is 101 cm³/mol. The lowest BCUT2D eigenvalue weighted by Crippen LogP contribution is -2.70. The molecular weight excluding hydrogens is 406 g/mol. The van der Waals surface area contributed by atoms with E-state index in [1.165, 1.54) is 30.4 Å². The molecule has 2 N–H and O–H groups in total. The lowest BCUT2D eigenvalue weighted by atomic mass is 10.0. The lowest BCUT2D eigenvalue weighted by Gasteiger charge is -2.49. The normalized spacial score (nSPS) is 20.9. The maximum absolute atomic E-state index is 12.5. The highest BCUT2D eigenvalue weighted by Crippen LogP contribution is 2.40. The number of carbonyl (C=O) groups excluding carboxylic acids is 3. The predicted octanol–water partition coefficient (Wildman–Crippen LogP) is 0.475. The number of hydrogen-bond acceptors (Lipinski definition) is 8. The molecule has 2 aliphatic rings. The first kappa shape index (κ1) is 20.2. The Labute approximate surface area is 168 Å². The summed E-state index contributed by atoms with van der Waals surface area (Å²) in [6.45, 7) is 1.05. The molecule has 1 saturated heterocycles. The standard InChI is InChI=1S/C17H17N3O6S2/c1-9(21)26-6-10-7-28-16-13(15(23)20(16)14(10)17(24)25)19-12(22)8-27-11-2-4-18-5-3-11/h2-5,13,16H,6-8H2,1H3,(H,19,22)(H,24,25)/t13-,16+/m0/s1. The number of carboxylic acids is 1. The van der Waals surface area contributed by atoms with Crippen LogP contribution in [0.3, 0.4) is 0 Å². The molecule has 0 radical (unpaired) electrons. The highest BCUT2D eigenvalue weighted by atomic mass is 32.2. The molecule has 1 aromatic heterocycles. The number of nitrogens with one attached hydrogen (secondary N) is 1. The summed E-state index contributed by atoms with van der Waals surface area (Å²) in [6.07, 6.45) is 3.25. The van der Waals surface area contributed by atoms with Gasteiger partial charge in [-0.05, 0) is 12.1 Å². The van der Waals surface area contributed by atoms with E-state index in [1.54, 1.807) is 24.5 Å². The van der Waals surface area contributed by atoms with Gasteiger partial charge >= 0.3 is 11.9 Å². The van der Waals surface area contributed by atoms with Crippen LogP contribution in [0.2, 0.25) is 0 Å². The van der Waals surface area contributed by atoms with Crippen molar-refractivity contribution in [1.29, 1.82) is 0 Å². The summed E-state index contributed by atoms with van der Waals surface area (Å²) in [4.78, 5) is 53.2. The quantitative estimate of drug-likeness (QED) is 0.366. The summed E-state index contributed by atoms with van der Waals surface area (Å²) in [5, 5.41) is 11.7. The van der Waals surface area contributed by atoms with E-state index >= 15 is 0 Å². The fourth-order valence-corrected chi connectivity index (χ4v) is 4.80. The molecule has 9 nitrogen and oxygen atoms in total. The van der Waals surface area contributed by atoms with Gasteiger partial charge in [0.05, 0.1) is 5.75 Å². The number of ether oxygens (including phenoxy) is 1. The molecule has 2 atom stereocenters. The minimum atomic E-state index is -1.26. The molecule has 0 aliphatic carbocycles. The van der Waals surface area contributed by atoms with Gasteiger partial charge in [-0.25, -0.2) is 4.79 Å². The van der Waals surface area contributed by atoms with Gasteiger partial charge in [0, 0.05) is 35.5 Å². The molecule has 11 heteroatoms. The molecule has 3 rings (SSSR count). The van der Waals surface area contributed by atoms with E-state index in [0.29, 0.717) is 11.3 Å². The van der Waals surface area contributed by atoms with Crippen LogP contribution in [0.15, 0.2) is 40.7 Å². The molecule has 2 amide bonds. The average molecular weight is 423 g/mol. The number of aromatic nitrogens is 1. The Hall–Kier alpha value is -2.53. The summed E-state index contributed by atoms with van der Waals surface area (Å²) in [5.74, 6) is -2.18. The Morgan fingerprint density at radius 3 is 2.75 bits per heavy atom. The second-order valence-electron chi connectivity index (χ2n) is 5.96. The van der Waals surface area contributed by atoms with Crippen molar-refractivity contribution >= 4 is 47.3 Å². The van der Waals surface area contributed by atoms with Crippen molar-refractivity contribution in [1.82, 2.24) is 15.2 Å². The van der Waals surface area contributed by atoms with Gasteiger partial charge in [0.2, 0.25) is 5.91 Å². The van der Waals surface area contributed by atoms with E-state index < -0.39 is 29.3 Å². The second kappa shape index (κ2) is 8.65. The number of thioether (sulfide) groups is 2. The van der Waals surface area contributed by atoms with Crippen LogP contribution >= 0.6 is 23.5 Å². The molecule has 0 unspecified atom stereocenters. The van der Waals surface area contributed by atoms with Gasteiger partial charge in [-0.1, -0.05) is 0 Å². The Bertz CT molecular complexity index is 845. The molecule has 0 saturated carbocycles. The number of aliphatic carboxylic acids is 1. The third-order valence-corrected chi connectivity index (χ3v) is 6.39. The minimum absolute atomic E-state index is 0.129. The van der Waals surface area contributed by atoms with E-state index in [2.05, 4.69) is 10.3 Å². The zero-order chi connectivity index (χ0) is 20.3. The number of pyridine rings is 1. The summed E-state index contributed by atoms with van der Waals surface area (Å²) in [5.41, 5.74) is 0.182. The van der Waals surface area contributed by atoms with Gasteiger partial charge in [0.15, 0.2) is 0 Å². The highest BCUT2D eigenvalue weighted by molar-refractivity contribution is 8.00. The fourth-order valence-electron chi connectivity index (χ4n) is 2.78. The number of hydrogen-bond donors (Lipinski definition) is 2. The maximum Gasteiger partial charge on any atom is 0.352 e. The molecule has 28 heavy (non-hydrogen) atoms. The number of β-lactam (4-membered cyclic amide) rings is 1. The summed E-state index contributed by atoms with van der Waals surface area (Å²) < 4.78 is 4.88. The van der Waals surface area contributed by atoms with Crippen LogP contribution in [-0.2, 0) is 23.9 Å². The van der Waals surface area contributed by atoms with Crippen LogP contribution in [-0.4, -0.2) is 68.3 Å². The van der Waals surface area contributed by atoms with Gasteiger partial charge in [0.1, 0.15) is 23.7 Å². The van der Waals surface area contributed by atoms with E-state index in [9.17, 15) is 24.3 Å². The van der Waals surface area contributed by atoms with Crippen molar-refractivity contribution in [2.24, 2.45) is 0 Å². The number of fused-ring (bicyclic) bond motifs is 1. The first-order chi connectivity index (χ1) is 13.4. The minimum Gasteiger partial charge on any atom is -0.477 e. The van der Waals surface area contributed by atoms with Crippen LogP contribution in [0.1, 0.15) is 6.92 Å². The largest absolute Gasteiger partial charge is 0.477 e. The molecule has 0 aromatic carbocycles. The van der Waals surface area contributed by atoms with Crippen molar-refractivity contribution in [2.75, 3.05) is 18.1 Å². The number of amides is 2. The number of rotatable bonds is 7. The number of nitrogens with zero attached hydrogens (tertiary/aromatic N) is 2. The molecular formula is C17H17N3O6S2. The Morgan fingerprint density at radius 1 is 1.39 bits per heavy atom. The van der Waals surface area contributed by atoms with Gasteiger partial charge < -0.3 is 15.2 Å². The smallest absolute Gasteiger partial charge is 0.352 e. The first-order valence-electron chi connectivity index (χ1n) is 8.24. The summed E-state index contributed by atoms with van der Waals surface area (Å²) in [6, 6.07) is 2.78. The average Bonchev–Trinajstić information content (AvgIpc) is 2.68. The first-order valence-corrected chi connectivity index (χ1v) is 10.3. The summed E-state index contributed by atoms with van der Waals surface area (Å²) in [7, 11) is 0. The Morgan fingerprint density at radius 2 is 2.11 bits per heavy atom. The lowest BCUT2D eigenvalue weighted by molar-refractivity contribution is -0.150.